The third-order valence-electron chi connectivity index (χ3n) is 6.16. The highest BCUT2D eigenvalue weighted by molar-refractivity contribution is 7.92. The molecule has 0 aromatic heterocycles. The van der Waals surface area contributed by atoms with Crippen molar-refractivity contribution in [1.82, 2.24) is 10.2 Å². The molecule has 0 spiro atoms. The minimum absolute atomic E-state index is 0.0511. The maximum absolute atomic E-state index is 13.7. The van der Waals surface area contributed by atoms with E-state index < -0.39 is 46.1 Å². The fourth-order valence-electron chi connectivity index (χ4n) is 3.69. The van der Waals surface area contributed by atoms with Gasteiger partial charge in [-0.05, 0) is 74.4 Å². The van der Waals surface area contributed by atoms with Gasteiger partial charge in [-0.2, -0.15) is 0 Å². The molecule has 0 unspecified atom stereocenters. The minimum atomic E-state index is -4.23. The fraction of sp³-hybridized carbons (Fsp3) is 0.286. The summed E-state index contributed by atoms with van der Waals surface area (Å²) < 4.78 is 55.2. The molecule has 7 nitrogen and oxygen atoms in total. The van der Waals surface area contributed by atoms with Crippen molar-refractivity contribution in [2.24, 2.45) is 0 Å². The van der Waals surface area contributed by atoms with Crippen molar-refractivity contribution in [2.45, 2.75) is 50.7 Å². The first-order valence-corrected chi connectivity index (χ1v) is 13.6. The van der Waals surface area contributed by atoms with E-state index in [0.29, 0.717) is 12.0 Å². The molecule has 3 aromatic rings. The van der Waals surface area contributed by atoms with Crippen LogP contribution in [0.25, 0.3) is 0 Å². The molecule has 0 saturated carbocycles. The van der Waals surface area contributed by atoms with E-state index in [2.05, 4.69) is 5.32 Å². The predicted molar refractivity (Wildman–Crippen MR) is 142 cm³/mol. The molecule has 2 atom stereocenters. The van der Waals surface area contributed by atoms with E-state index in [1.807, 2.05) is 13.8 Å². The monoisotopic (exact) mass is 543 g/mol. The zero-order chi connectivity index (χ0) is 27.9. The molecule has 3 rings (SSSR count). The van der Waals surface area contributed by atoms with Crippen LogP contribution in [0.2, 0.25) is 0 Å². The van der Waals surface area contributed by atoms with Crippen LogP contribution in [0.4, 0.5) is 14.5 Å². The Morgan fingerprint density at radius 3 is 1.97 bits per heavy atom. The minimum Gasteiger partial charge on any atom is -0.352 e. The average Bonchev–Trinajstić information content (AvgIpc) is 2.91. The second-order valence-electron chi connectivity index (χ2n) is 8.94. The molecule has 38 heavy (non-hydrogen) atoms. The van der Waals surface area contributed by atoms with Gasteiger partial charge in [-0.1, -0.05) is 37.3 Å². The van der Waals surface area contributed by atoms with Gasteiger partial charge in [0.1, 0.15) is 24.2 Å². The molecule has 10 heteroatoms. The maximum Gasteiger partial charge on any atom is 0.264 e. The van der Waals surface area contributed by atoms with Crippen LogP contribution in [0.3, 0.4) is 0 Å². The van der Waals surface area contributed by atoms with Crippen LogP contribution >= 0.6 is 0 Å². The van der Waals surface area contributed by atoms with Crippen LogP contribution in [-0.2, 0) is 26.2 Å². The first-order chi connectivity index (χ1) is 18.0. The Balaban J connectivity index is 2.00. The van der Waals surface area contributed by atoms with Crippen molar-refractivity contribution >= 4 is 27.5 Å². The maximum atomic E-state index is 13.7. The zero-order valence-corrected chi connectivity index (χ0v) is 22.3. The van der Waals surface area contributed by atoms with Crippen LogP contribution in [-0.4, -0.2) is 43.8 Å². The summed E-state index contributed by atoms with van der Waals surface area (Å²) in [5, 5.41) is 2.84. The Bertz CT molecular complexity index is 1330. The third kappa shape index (κ3) is 7.16. The number of nitrogens with zero attached hydrogens (tertiary/aromatic N) is 2. The topological polar surface area (TPSA) is 86.8 Å². The van der Waals surface area contributed by atoms with Crippen LogP contribution in [0.5, 0.6) is 0 Å². The Morgan fingerprint density at radius 1 is 0.868 bits per heavy atom. The lowest BCUT2D eigenvalue weighted by Gasteiger charge is -2.32. The number of halogens is 2. The normalized spacial score (nSPS) is 12.9. The number of hydrogen-bond acceptors (Lipinski definition) is 4. The third-order valence-corrected chi connectivity index (χ3v) is 7.95. The number of benzene rings is 3. The van der Waals surface area contributed by atoms with E-state index in [1.54, 1.807) is 25.1 Å². The van der Waals surface area contributed by atoms with Gasteiger partial charge < -0.3 is 10.2 Å². The molecule has 0 fully saturated rings. The van der Waals surface area contributed by atoms with Crippen LogP contribution in [0.1, 0.15) is 32.8 Å². The van der Waals surface area contributed by atoms with E-state index in [9.17, 15) is 26.8 Å². The molecule has 0 bridgehead atoms. The second-order valence-corrected chi connectivity index (χ2v) is 10.8. The fourth-order valence-corrected chi connectivity index (χ4v) is 5.13. The number of nitrogens with one attached hydrogen (secondary N) is 1. The van der Waals surface area contributed by atoms with Gasteiger partial charge in [-0.15, -0.1) is 0 Å². The number of sulfonamides is 1. The van der Waals surface area contributed by atoms with Gasteiger partial charge in [-0.3, -0.25) is 13.9 Å². The van der Waals surface area contributed by atoms with E-state index >= 15 is 0 Å². The standard InChI is InChI=1S/C28H31F2N3O4S/c1-4-20(2)31-28(35)21(3)32(18-22-10-12-23(29)13-11-22)27(34)19-33(25-16-14-24(30)15-17-25)38(36,37)26-8-6-5-7-9-26/h5-17,20-21H,4,18-19H2,1-3H3,(H,31,35)/t20-,21-/m1/s1. The summed E-state index contributed by atoms with van der Waals surface area (Å²) in [6.07, 6.45) is 0.679. The molecule has 0 aliphatic heterocycles. The summed E-state index contributed by atoms with van der Waals surface area (Å²) in [6.45, 7) is 4.58. The smallest absolute Gasteiger partial charge is 0.264 e. The average molecular weight is 544 g/mol. The molecule has 0 saturated heterocycles. The molecule has 0 heterocycles. The Hall–Kier alpha value is -3.79. The summed E-state index contributed by atoms with van der Waals surface area (Å²) in [5.74, 6) is -2.09. The number of amides is 2. The number of hydrogen-bond donors (Lipinski definition) is 1. The van der Waals surface area contributed by atoms with Crippen molar-refractivity contribution < 1.29 is 26.8 Å². The van der Waals surface area contributed by atoms with Gasteiger partial charge in [0.25, 0.3) is 10.0 Å². The van der Waals surface area contributed by atoms with Crippen LogP contribution in [0.15, 0.2) is 83.8 Å². The largest absolute Gasteiger partial charge is 0.352 e. The molecular formula is C28H31F2N3O4S. The highest BCUT2D eigenvalue weighted by atomic mass is 32.2. The van der Waals surface area contributed by atoms with E-state index in [4.69, 9.17) is 0 Å². The van der Waals surface area contributed by atoms with Crippen molar-refractivity contribution in [2.75, 3.05) is 10.8 Å². The number of anilines is 1. The van der Waals surface area contributed by atoms with E-state index in [0.717, 1.165) is 16.4 Å². The first-order valence-electron chi connectivity index (χ1n) is 12.2. The summed E-state index contributed by atoms with van der Waals surface area (Å²) in [4.78, 5) is 27.9. The molecule has 0 radical (unpaired) electrons. The quantitative estimate of drug-likeness (QED) is 0.386. The summed E-state index contributed by atoms with van der Waals surface area (Å²) in [7, 11) is -4.23. The van der Waals surface area contributed by atoms with Crippen LogP contribution in [0, 0.1) is 11.6 Å². The SMILES string of the molecule is CC[C@@H](C)NC(=O)[C@@H](C)N(Cc1ccc(F)cc1)C(=O)CN(c1ccc(F)cc1)S(=O)(=O)c1ccccc1. The Kier molecular flexibility index (Phi) is 9.57. The number of carbonyl (C=O) groups excluding carboxylic acids is 2. The van der Waals surface area contributed by atoms with Gasteiger partial charge in [0, 0.05) is 12.6 Å². The van der Waals surface area contributed by atoms with Crippen LogP contribution < -0.4 is 9.62 Å². The summed E-state index contributed by atoms with van der Waals surface area (Å²) >= 11 is 0. The number of carbonyl (C=O) groups is 2. The van der Waals surface area contributed by atoms with E-state index in [-0.39, 0.29) is 23.2 Å². The van der Waals surface area contributed by atoms with Gasteiger partial charge in [0.15, 0.2) is 0 Å². The lowest BCUT2D eigenvalue weighted by molar-refractivity contribution is -0.139. The molecular weight excluding hydrogens is 512 g/mol. The highest BCUT2D eigenvalue weighted by Crippen LogP contribution is 2.25. The van der Waals surface area contributed by atoms with Gasteiger partial charge in [0.05, 0.1) is 10.6 Å². The number of rotatable bonds is 11. The van der Waals surface area contributed by atoms with Gasteiger partial charge in [0.2, 0.25) is 11.8 Å². The summed E-state index contributed by atoms with van der Waals surface area (Å²) in [6, 6.07) is 16.7. The first kappa shape index (κ1) is 28.8. The van der Waals surface area contributed by atoms with Crippen molar-refractivity contribution in [3.8, 4) is 0 Å². The van der Waals surface area contributed by atoms with E-state index in [1.165, 1.54) is 53.4 Å². The van der Waals surface area contributed by atoms with Crippen molar-refractivity contribution in [1.29, 1.82) is 0 Å². The second kappa shape index (κ2) is 12.6. The lowest BCUT2D eigenvalue weighted by atomic mass is 10.1. The molecule has 202 valence electrons. The molecule has 3 aromatic carbocycles. The Morgan fingerprint density at radius 2 is 1.42 bits per heavy atom. The van der Waals surface area contributed by atoms with Gasteiger partial charge in [-0.25, -0.2) is 17.2 Å². The van der Waals surface area contributed by atoms with Gasteiger partial charge >= 0.3 is 0 Å². The molecule has 2 amide bonds. The molecule has 1 N–H and O–H groups in total. The molecule has 0 aliphatic carbocycles. The zero-order valence-electron chi connectivity index (χ0n) is 21.5. The summed E-state index contributed by atoms with van der Waals surface area (Å²) in [5.41, 5.74) is 0.643. The molecule has 0 aliphatic rings. The lowest BCUT2D eigenvalue weighted by Crippen LogP contribution is -2.52. The highest BCUT2D eigenvalue weighted by Gasteiger charge is 2.32. The Labute approximate surface area is 222 Å². The predicted octanol–water partition coefficient (Wildman–Crippen LogP) is 4.49. The van der Waals surface area contributed by atoms with Crippen molar-refractivity contribution in [3.63, 3.8) is 0 Å². The van der Waals surface area contributed by atoms with Crippen molar-refractivity contribution in [3.05, 3.63) is 96.1 Å².